The second kappa shape index (κ2) is 7.79. The van der Waals surface area contributed by atoms with E-state index in [0.717, 1.165) is 32.0 Å². The maximum absolute atomic E-state index is 4.84. The van der Waals surface area contributed by atoms with E-state index >= 15 is 0 Å². The molecule has 0 aromatic carbocycles. The summed E-state index contributed by atoms with van der Waals surface area (Å²) < 4.78 is 0. The molecule has 0 aliphatic carbocycles. The summed E-state index contributed by atoms with van der Waals surface area (Å²) in [6.45, 7) is 13.3. The van der Waals surface area contributed by atoms with Gasteiger partial charge in [0, 0.05) is 25.3 Å². The van der Waals surface area contributed by atoms with Crippen LogP contribution in [-0.2, 0) is 13.0 Å². The molecule has 1 aromatic rings. The zero-order valence-electron chi connectivity index (χ0n) is 14.2. The van der Waals surface area contributed by atoms with E-state index in [1.807, 2.05) is 0 Å². The number of hydrogen-bond acceptors (Lipinski definition) is 3. The van der Waals surface area contributed by atoms with Gasteiger partial charge in [0.05, 0.1) is 0 Å². The van der Waals surface area contributed by atoms with Crippen molar-refractivity contribution in [2.75, 3.05) is 24.5 Å². The second-order valence-electron chi connectivity index (χ2n) is 6.71. The van der Waals surface area contributed by atoms with E-state index < -0.39 is 0 Å². The number of anilines is 1. The predicted octanol–water partition coefficient (Wildman–Crippen LogP) is 3.63. The van der Waals surface area contributed by atoms with Crippen LogP contribution in [0.25, 0.3) is 0 Å². The van der Waals surface area contributed by atoms with Gasteiger partial charge in [0.25, 0.3) is 0 Å². The highest BCUT2D eigenvalue weighted by atomic mass is 15.2. The highest BCUT2D eigenvalue weighted by Gasteiger charge is 2.22. The van der Waals surface area contributed by atoms with E-state index in [-0.39, 0.29) is 0 Å². The topological polar surface area (TPSA) is 28.2 Å². The molecule has 3 nitrogen and oxygen atoms in total. The summed E-state index contributed by atoms with van der Waals surface area (Å²) in [5, 5.41) is 3.54. The predicted molar refractivity (Wildman–Crippen MR) is 90.8 cm³/mol. The fourth-order valence-corrected chi connectivity index (χ4v) is 2.96. The minimum Gasteiger partial charge on any atom is -0.356 e. The van der Waals surface area contributed by atoms with Crippen LogP contribution < -0.4 is 10.2 Å². The van der Waals surface area contributed by atoms with Crippen molar-refractivity contribution in [1.29, 1.82) is 0 Å². The molecule has 1 aliphatic heterocycles. The number of hydrogen-bond donors (Lipinski definition) is 1. The molecular weight excluding hydrogens is 258 g/mol. The zero-order valence-corrected chi connectivity index (χ0v) is 14.2. The van der Waals surface area contributed by atoms with Gasteiger partial charge < -0.3 is 10.2 Å². The molecule has 1 aromatic heterocycles. The van der Waals surface area contributed by atoms with Crippen molar-refractivity contribution >= 4 is 5.82 Å². The summed E-state index contributed by atoms with van der Waals surface area (Å²) >= 11 is 0. The van der Waals surface area contributed by atoms with Crippen LogP contribution >= 0.6 is 0 Å². The summed E-state index contributed by atoms with van der Waals surface area (Å²) in [7, 11) is 0. The average Bonchev–Trinajstić information content (AvgIpc) is 2.95. The molecule has 0 radical (unpaired) electrons. The van der Waals surface area contributed by atoms with Gasteiger partial charge in [-0.1, -0.05) is 34.1 Å². The number of rotatable bonds is 7. The van der Waals surface area contributed by atoms with Crippen LogP contribution in [0.4, 0.5) is 5.82 Å². The third-order valence-corrected chi connectivity index (χ3v) is 4.36. The molecule has 1 saturated heterocycles. The number of pyridine rings is 1. The molecule has 1 aliphatic rings. The van der Waals surface area contributed by atoms with Crippen LogP contribution in [-0.4, -0.2) is 24.6 Å². The molecule has 0 amide bonds. The van der Waals surface area contributed by atoms with Crippen LogP contribution in [0.5, 0.6) is 0 Å². The third-order valence-electron chi connectivity index (χ3n) is 4.36. The molecular formula is C18H31N3. The van der Waals surface area contributed by atoms with Gasteiger partial charge in [-0.05, 0) is 48.9 Å². The van der Waals surface area contributed by atoms with Crippen LogP contribution in [0.3, 0.4) is 0 Å². The molecule has 1 atom stereocenters. The van der Waals surface area contributed by atoms with E-state index in [1.165, 1.54) is 36.5 Å². The first kappa shape index (κ1) is 16.3. The first-order valence-electron chi connectivity index (χ1n) is 8.57. The van der Waals surface area contributed by atoms with E-state index in [4.69, 9.17) is 4.98 Å². The van der Waals surface area contributed by atoms with Gasteiger partial charge in [0.2, 0.25) is 0 Å². The quantitative estimate of drug-likeness (QED) is 0.831. The van der Waals surface area contributed by atoms with Gasteiger partial charge in [-0.25, -0.2) is 4.98 Å². The minimum absolute atomic E-state index is 0.695. The van der Waals surface area contributed by atoms with Gasteiger partial charge in [0.1, 0.15) is 5.82 Å². The van der Waals surface area contributed by atoms with E-state index in [0.29, 0.717) is 5.92 Å². The van der Waals surface area contributed by atoms with E-state index in [2.05, 4.69) is 50.0 Å². The lowest BCUT2D eigenvalue weighted by Crippen LogP contribution is -2.23. The van der Waals surface area contributed by atoms with Crippen LogP contribution in [0.1, 0.15) is 51.8 Å². The Kier molecular flexibility index (Phi) is 6.04. The summed E-state index contributed by atoms with van der Waals surface area (Å²) in [4.78, 5) is 7.32. The van der Waals surface area contributed by atoms with Crippen molar-refractivity contribution in [3.8, 4) is 0 Å². The normalized spacial score (nSPS) is 18.7. The van der Waals surface area contributed by atoms with Gasteiger partial charge in [0.15, 0.2) is 0 Å². The Morgan fingerprint density at radius 3 is 2.76 bits per heavy atom. The van der Waals surface area contributed by atoms with Gasteiger partial charge in [-0.3, -0.25) is 0 Å². The fourth-order valence-electron chi connectivity index (χ4n) is 2.96. The zero-order chi connectivity index (χ0) is 15.2. The van der Waals surface area contributed by atoms with Crippen LogP contribution in [0, 0.1) is 11.8 Å². The fraction of sp³-hybridized carbons (Fsp3) is 0.722. The number of aromatic nitrogens is 1. The monoisotopic (exact) mass is 289 g/mol. The van der Waals surface area contributed by atoms with E-state index in [9.17, 15) is 0 Å². The molecule has 0 saturated carbocycles. The highest BCUT2D eigenvalue weighted by molar-refractivity contribution is 5.44. The summed E-state index contributed by atoms with van der Waals surface area (Å²) in [5.74, 6) is 2.73. The molecule has 118 valence electrons. The summed E-state index contributed by atoms with van der Waals surface area (Å²) in [6.07, 6.45) is 3.61. The molecule has 1 N–H and O–H groups in total. The maximum Gasteiger partial charge on any atom is 0.129 e. The Bertz CT molecular complexity index is 442. The number of nitrogens with zero attached hydrogens (tertiary/aromatic N) is 2. The Balaban J connectivity index is 2.06. The van der Waals surface area contributed by atoms with Crippen LogP contribution in [0.2, 0.25) is 0 Å². The van der Waals surface area contributed by atoms with E-state index in [1.54, 1.807) is 0 Å². The SMILES string of the molecule is CCc1cc(CNCC(C)C)cc(N2CCC(CC)C2)n1. The van der Waals surface area contributed by atoms with Gasteiger partial charge >= 0.3 is 0 Å². The molecule has 2 heterocycles. The van der Waals surface area contributed by atoms with Crippen LogP contribution in [0.15, 0.2) is 12.1 Å². The van der Waals surface area contributed by atoms with Gasteiger partial charge in [-0.2, -0.15) is 0 Å². The van der Waals surface area contributed by atoms with Crippen molar-refractivity contribution < 1.29 is 0 Å². The lowest BCUT2D eigenvalue weighted by Gasteiger charge is -2.19. The summed E-state index contributed by atoms with van der Waals surface area (Å²) in [5.41, 5.74) is 2.59. The average molecular weight is 289 g/mol. The standard InChI is InChI=1S/C18H31N3/c1-5-15-7-8-21(13-15)18-10-16(9-17(6-2)20-18)12-19-11-14(3)4/h9-10,14-15,19H,5-8,11-13H2,1-4H3. The van der Waals surface area contributed by atoms with Crippen molar-refractivity contribution in [3.63, 3.8) is 0 Å². The lowest BCUT2D eigenvalue weighted by molar-refractivity contribution is 0.552. The van der Waals surface area contributed by atoms with Crippen molar-refractivity contribution in [3.05, 3.63) is 23.4 Å². The van der Waals surface area contributed by atoms with Crippen molar-refractivity contribution in [2.24, 2.45) is 11.8 Å². The molecule has 0 bridgehead atoms. The Morgan fingerprint density at radius 1 is 1.33 bits per heavy atom. The Morgan fingerprint density at radius 2 is 2.14 bits per heavy atom. The Labute approximate surface area is 130 Å². The lowest BCUT2D eigenvalue weighted by atomic mass is 10.1. The largest absolute Gasteiger partial charge is 0.356 e. The van der Waals surface area contributed by atoms with Crippen molar-refractivity contribution in [2.45, 2.75) is 53.5 Å². The first-order valence-corrected chi connectivity index (χ1v) is 8.57. The first-order chi connectivity index (χ1) is 10.1. The maximum atomic E-state index is 4.84. The van der Waals surface area contributed by atoms with Crippen molar-refractivity contribution in [1.82, 2.24) is 10.3 Å². The molecule has 0 spiro atoms. The Hall–Kier alpha value is -1.09. The summed E-state index contributed by atoms with van der Waals surface area (Å²) in [6, 6.07) is 4.54. The molecule has 1 unspecified atom stereocenters. The molecule has 21 heavy (non-hydrogen) atoms. The minimum atomic E-state index is 0.695. The number of aryl methyl sites for hydroxylation is 1. The smallest absolute Gasteiger partial charge is 0.129 e. The molecule has 3 heteroatoms. The highest BCUT2D eigenvalue weighted by Crippen LogP contribution is 2.25. The third kappa shape index (κ3) is 4.70. The molecule has 2 rings (SSSR count). The second-order valence-corrected chi connectivity index (χ2v) is 6.71. The molecule has 1 fully saturated rings. The number of nitrogens with one attached hydrogen (secondary N) is 1. The van der Waals surface area contributed by atoms with Gasteiger partial charge in [-0.15, -0.1) is 0 Å².